The van der Waals surface area contributed by atoms with Crippen LogP contribution in [0.5, 0.6) is 0 Å². The Morgan fingerprint density at radius 3 is 2.74 bits per heavy atom. The average Bonchev–Trinajstić information content (AvgIpc) is 2.81. The van der Waals surface area contributed by atoms with Crippen molar-refractivity contribution in [2.75, 3.05) is 13.1 Å². The molecule has 1 aromatic carbocycles. The zero-order valence-corrected chi connectivity index (χ0v) is 14.2. The first-order valence-corrected chi connectivity index (χ1v) is 8.35. The molecule has 1 aliphatic carbocycles. The number of nitrogens with one attached hydrogen (secondary N) is 2. The van der Waals surface area contributed by atoms with Crippen molar-refractivity contribution in [1.82, 2.24) is 20.4 Å². The van der Waals surface area contributed by atoms with Gasteiger partial charge >= 0.3 is 0 Å². The molecule has 0 unspecified atom stereocenters. The van der Waals surface area contributed by atoms with E-state index in [4.69, 9.17) is 0 Å². The van der Waals surface area contributed by atoms with Gasteiger partial charge in [0.25, 0.3) is 0 Å². The highest BCUT2D eigenvalue weighted by molar-refractivity contribution is 5.87. The lowest BCUT2D eigenvalue weighted by Gasteiger charge is -2.27. The first-order chi connectivity index (χ1) is 10.9. The van der Waals surface area contributed by atoms with Crippen molar-refractivity contribution in [3.8, 4) is 0 Å². The molecule has 3 atom stereocenters. The Morgan fingerprint density at radius 1 is 1.35 bits per heavy atom. The molecule has 0 radical (unpaired) electrons. The number of nitrogens with zero attached hydrogens (tertiary/aromatic N) is 2. The van der Waals surface area contributed by atoms with Crippen molar-refractivity contribution in [3.05, 3.63) is 29.5 Å². The number of carbonyl (C=O) groups excluding carboxylic acids is 1. The van der Waals surface area contributed by atoms with Gasteiger partial charge in [0.2, 0.25) is 5.91 Å². The van der Waals surface area contributed by atoms with E-state index in [-0.39, 0.29) is 11.8 Å². The molecule has 0 spiro atoms. The number of fused-ring (bicyclic) bond motifs is 2. The Balaban J connectivity index is 1.65. The number of aromatic nitrogens is 2. The summed E-state index contributed by atoms with van der Waals surface area (Å²) in [6, 6.07) is 6.22. The van der Waals surface area contributed by atoms with Crippen LogP contribution in [0.3, 0.4) is 0 Å². The Hall–Kier alpha value is -1.88. The van der Waals surface area contributed by atoms with E-state index < -0.39 is 5.54 Å². The Kier molecular flexibility index (Phi) is 3.07. The van der Waals surface area contributed by atoms with Crippen LogP contribution in [0.2, 0.25) is 0 Å². The van der Waals surface area contributed by atoms with Crippen molar-refractivity contribution in [3.63, 3.8) is 0 Å². The normalized spacial score (nSPS) is 26.3. The van der Waals surface area contributed by atoms with E-state index in [0.29, 0.717) is 11.8 Å². The van der Waals surface area contributed by atoms with E-state index in [1.807, 2.05) is 11.7 Å². The molecule has 2 N–H and O–H groups in total. The third-order valence-electron chi connectivity index (χ3n) is 5.49. The standard InChI is InChI=1S/C18H24N4O/c1-10-6-5-7-11-15(10)21-22(4)16(11)18(2,3)20-17(23)14-12-8-19-9-13(12)14/h5-7,12-14,19H,8-9H2,1-4H3,(H,20,23)/t12-,13+,14+. The number of rotatable bonds is 3. The number of carbonyl (C=O) groups is 1. The molecule has 5 nitrogen and oxygen atoms in total. The largest absolute Gasteiger partial charge is 0.345 e. The summed E-state index contributed by atoms with van der Waals surface area (Å²) in [5, 5.41) is 12.4. The number of hydrogen-bond acceptors (Lipinski definition) is 3. The van der Waals surface area contributed by atoms with Crippen molar-refractivity contribution < 1.29 is 4.79 Å². The maximum Gasteiger partial charge on any atom is 0.224 e. The van der Waals surface area contributed by atoms with Gasteiger partial charge in [-0.05, 0) is 51.3 Å². The predicted molar refractivity (Wildman–Crippen MR) is 90.0 cm³/mol. The fraction of sp³-hybridized carbons (Fsp3) is 0.556. The number of aryl methyl sites for hydroxylation is 2. The average molecular weight is 312 g/mol. The molecule has 1 aromatic heterocycles. The molecule has 2 aliphatic rings. The van der Waals surface area contributed by atoms with Crippen LogP contribution in [-0.4, -0.2) is 28.8 Å². The highest BCUT2D eigenvalue weighted by Gasteiger charge is 2.57. The monoisotopic (exact) mass is 312 g/mol. The van der Waals surface area contributed by atoms with Gasteiger partial charge in [-0.15, -0.1) is 0 Å². The van der Waals surface area contributed by atoms with E-state index in [0.717, 1.165) is 35.2 Å². The summed E-state index contributed by atoms with van der Waals surface area (Å²) in [7, 11) is 1.96. The molecule has 122 valence electrons. The van der Waals surface area contributed by atoms with Crippen LogP contribution >= 0.6 is 0 Å². The van der Waals surface area contributed by atoms with Crippen LogP contribution in [0.1, 0.15) is 25.1 Å². The van der Waals surface area contributed by atoms with Crippen molar-refractivity contribution in [2.24, 2.45) is 24.8 Å². The number of piperidine rings is 1. The Labute approximate surface area is 136 Å². The molecular weight excluding hydrogens is 288 g/mol. The molecule has 2 aromatic rings. The Morgan fingerprint density at radius 2 is 2.04 bits per heavy atom. The molecule has 2 fully saturated rings. The summed E-state index contributed by atoms with van der Waals surface area (Å²) in [6.45, 7) is 8.18. The van der Waals surface area contributed by atoms with E-state index in [1.165, 1.54) is 0 Å². The predicted octanol–water partition coefficient (Wildman–Crippen LogP) is 1.70. The Bertz CT molecular complexity index is 782. The molecule has 2 heterocycles. The summed E-state index contributed by atoms with van der Waals surface area (Å²) in [5.74, 6) is 1.46. The summed E-state index contributed by atoms with van der Waals surface area (Å²) in [6.07, 6.45) is 0. The van der Waals surface area contributed by atoms with Gasteiger partial charge in [0.1, 0.15) is 0 Å². The quantitative estimate of drug-likeness (QED) is 0.907. The summed E-state index contributed by atoms with van der Waals surface area (Å²) >= 11 is 0. The highest BCUT2D eigenvalue weighted by Crippen LogP contribution is 2.49. The molecule has 0 bridgehead atoms. The fourth-order valence-electron chi connectivity index (χ4n) is 4.36. The minimum absolute atomic E-state index is 0.188. The summed E-state index contributed by atoms with van der Waals surface area (Å²) in [4.78, 5) is 12.7. The van der Waals surface area contributed by atoms with Gasteiger partial charge in [0.15, 0.2) is 0 Å². The van der Waals surface area contributed by atoms with Crippen LogP contribution < -0.4 is 10.6 Å². The number of amides is 1. The lowest BCUT2D eigenvalue weighted by Crippen LogP contribution is -2.44. The third-order valence-corrected chi connectivity index (χ3v) is 5.49. The summed E-state index contributed by atoms with van der Waals surface area (Å²) < 4.78 is 1.91. The van der Waals surface area contributed by atoms with Crippen LogP contribution in [-0.2, 0) is 17.4 Å². The maximum absolute atomic E-state index is 12.7. The maximum atomic E-state index is 12.7. The number of hydrogen-bond donors (Lipinski definition) is 2. The van der Waals surface area contributed by atoms with E-state index in [1.54, 1.807) is 0 Å². The second kappa shape index (κ2) is 4.81. The van der Waals surface area contributed by atoms with Crippen LogP contribution in [0.25, 0.3) is 10.9 Å². The van der Waals surface area contributed by atoms with Crippen molar-refractivity contribution >= 4 is 16.8 Å². The third kappa shape index (κ3) is 2.17. The second-order valence-electron chi connectivity index (χ2n) is 7.57. The lowest BCUT2D eigenvalue weighted by atomic mass is 9.95. The van der Waals surface area contributed by atoms with Crippen molar-refractivity contribution in [2.45, 2.75) is 26.3 Å². The van der Waals surface area contributed by atoms with Crippen LogP contribution in [0.15, 0.2) is 18.2 Å². The first-order valence-electron chi connectivity index (χ1n) is 8.35. The molecule has 5 heteroatoms. The second-order valence-corrected chi connectivity index (χ2v) is 7.57. The summed E-state index contributed by atoms with van der Waals surface area (Å²) in [5.41, 5.74) is 2.79. The molecule has 1 aliphatic heterocycles. The fourth-order valence-corrected chi connectivity index (χ4v) is 4.36. The van der Waals surface area contributed by atoms with Gasteiger partial charge in [-0.1, -0.05) is 18.2 Å². The zero-order chi connectivity index (χ0) is 16.4. The van der Waals surface area contributed by atoms with E-state index in [2.05, 4.69) is 54.7 Å². The van der Waals surface area contributed by atoms with Crippen LogP contribution in [0.4, 0.5) is 0 Å². The molecule has 1 amide bonds. The number of benzene rings is 1. The zero-order valence-electron chi connectivity index (χ0n) is 14.2. The van der Waals surface area contributed by atoms with Gasteiger partial charge in [0.05, 0.1) is 16.7 Å². The van der Waals surface area contributed by atoms with E-state index in [9.17, 15) is 4.79 Å². The SMILES string of the molecule is Cc1cccc2c(C(C)(C)NC(=O)[C@H]3[C@@H]4CNC[C@@H]43)n(C)nc12. The minimum Gasteiger partial charge on any atom is -0.345 e. The minimum atomic E-state index is -0.446. The molecular formula is C18H24N4O. The molecule has 4 rings (SSSR count). The van der Waals surface area contributed by atoms with Gasteiger partial charge in [0, 0.05) is 18.4 Å². The molecule has 23 heavy (non-hydrogen) atoms. The van der Waals surface area contributed by atoms with Crippen molar-refractivity contribution in [1.29, 1.82) is 0 Å². The highest BCUT2D eigenvalue weighted by atomic mass is 16.2. The van der Waals surface area contributed by atoms with Gasteiger partial charge in [-0.3, -0.25) is 9.48 Å². The van der Waals surface area contributed by atoms with Gasteiger partial charge < -0.3 is 10.6 Å². The topological polar surface area (TPSA) is 59.0 Å². The first kappa shape index (κ1) is 14.7. The lowest BCUT2D eigenvalue weighted by molar-refractivity contribution is -0.124. The smallest absolute Gasteiger partial charge is 0.224 e. The van der Waals surface area contributed by atoms with Crippen LogP contribution in [0, 0.1) is 24.7 Å². The van der Waals surface area contributed by atoms with Gasteiger partial charge in [-0.25, -0.2) is 0 Å². The molecule has 1 saturated heterocycles. The molecule has 1 saturated carbocycles. The van der Waals surface area contributed by atoms with Gasteiger partial charge in [-0.2, -0.15) is 5.10 Å². The van der Waals surface area contributed by atoms with E-state index >= 15 is 0 Å².